The lowest BCUT2D eigenvalue weighted by Crippen LogP contribution is -2.45. The Kier molecular flexibility index (Phi) is 65.9. The van der Waals surface area contributed by atoms with Crippen molar-refractivity contribution in [3.05, 3.63) is 36.5 Å². The van der Waals surface area contributed by atoms with Crippen molar-refractivity contribution in [1.29, 1.82) is 0 Å². The summed E-state index contributed by atoms with van der Waals surface area (Å²) in [5.41, 5.74) is 0. The molecule has 0 saturated heterocycles. The molecule has 0 bridgehead atoms. The molecular weight excluding hydrogens is 959 g/mol. The van der Waals surface area contributed by atoms with Crippen molar-refractivity contribution in [1.82, 2.24) is 5.32 Å². The first-order valence-corrected chi connectivity index (χ1v) is 35.2. The average Bonchev–Trinajstić information content (AvgIpc) is 3.44. The summed E-state index contributed by atoms with van der Waals surface area (Å²) in [6, 6.07) is -0.541. The Hall–Kier alpha value is -1.92. The van der Waals surface area contributed by atoms with E-state index in [1.54, 1.807) is 0 Å². The lowest BCUT2D eigenvalue weighted by molar-refractivity contribution is -0.143. The van der Waals surface area contributed by atoms with E-state index < -0.39 is 12.1 Å². The van der Waals surface area contributed by atoms with E-state index >= 15 is 0 Å². The highest BCUT2D eigenvalue weighted by Gasteiger charge is 2.20. The van der Waals surface area contributed by atoms with Gasteiger partial charge >= 0.3 is 5.97 Å². The number of allylic oxidation sites excluding steroid dienone is 6. The first-order valence-electron chi connectivity index (χ1n) is 35.2. The maximum absolute atomic E-state index is 12.5. The first kappa shape index (κ1) is 76.1. The average molecular weight is 1100 g/mol. The molecule has 0 aromatic rings. The van der Waals surface area contributed by atoms with E-state index in [-0.39, 0.29) is 18.5 Å². The minimum Gasteiger partial charge on any atom is -0.466 e. The van der Waals surface area contributed by atoms with Crippen molar-refractivity contribution < 1.29 is 24.5 Å². The summed E-state index contributed by atoms with van der Waals surface area (Å²) in [5.74, 6) is -0.0264. The summed E-state index contributed by atoms with van der Waals surface area (Å²) in [7, 11) is 0. The summed E-state index contributed by atoms with van der Waals surface area (Å²) in [5, 5.41) is 23.3. The lowest BCUT2D eigenvalue weighted by Gasteiger charge is -2.22. The molecule has 2 unspecified atom stereocenters. The van der Waals surface area contributed by atoms with E-state index in [4.69, 9.17) is 4.74 Å². The zero-order chi connectivity index (χ0) is 56.4. The zero-order valence-electron chi connectivity index (χ0n) is 52.7. The summed E-state index contributed by atoms with van der Waals surface area (Å²) < 4.78 is 5.49. The number of unbranched alkanes of at least 4 members (excludes halogenated alkanes) is 49. The van der Waals surface area contributed by atoms with E-state index in [1.807, 2.05) is 0 Å². The number of ether oxygens (including phenoxy) is 1. The van der Waals surface area contributed by atoms with E-state index in [2.05, 4.69) is 55.6 Å². The van der Waals surface area contributed by atoms with Gasteiger partial charge in [-0.05, 0) is 83.5 Å². The molecule has 0 aromatic heterocycles. The fourth-order valence-electron chi connectivity index (χ4n) is 11.0. The highest BCUT2D eigenvalue weighted by atomic mass is 16.5. The van der Waals surface area contributed by atoms with Crippen LogP contribution in [0.2, 0.25) is 0 Å². The molecule has 6 nitrogen and oxygen atoms in total. The predicted octanol–water partition coefficient (Wildman–Crippen LogP) is 22.7. The minimum absolute atomic E-state index is 0.00560. The summed E-state index contributed by atoms with van der Waals surface area (Å²) >= 11 is 0. The zero-order valence-corrected chi connectivity index (χ0v) is 52.7. The Balaban J connectivity index is 3.39. The third-order valence-electron chi connectivity index (χ3n) is 16.4. The number of hydrogen-bond donors (Lipinski definition) is 3. The van der Waals surface area contributed by atoms with E-state index in [9.17, 15) is 19.8 Å². The van der Waals surface area contributed by atoms with Gasteiger partial charge < -0.3 is 20.3 Å². The van der Waals surface area contributed by atoms with Crippen LogP contribution in [0.3, 0.4) is 0 Å². The van der Waals surface area contributed by atoms with Crippen LogP contribution >= 0.6 is 0 Å². The number of amides is 1. The predicted molar refractivity (Wildman–Crippen MR) is 343 cm³/mol. The van der Waals surface area contributed by atoms with Gasteiger partial charge in [-0.1, -0.05) is 326 Å². The Morgan fingerprint density at radius 3 is 0.987 bits per heavy atom. The molecule has 0 aliphatic carbocycles. The van der Waals surface area contributed by atoms with Crippen LogP contribution in [-0.2, 0) is 14.3 Å². The van der Waals surface area contributed by atoms with Gasteiger partial charge in [0.1, 0.15) is 0 Å². The molecule has 2 atom stereocenters. The number of rotatable bonds is 66. The van der Waals surface area contributed by atoms with Gasteiger partial charge in [-0.15, -0.1) is 0 Å². The van der Waals surface area contributed by atoms with Gasteiger partial charge in [-0.2, -0.15) is 0 Å². The Morgan fingerprint density at radius 1 is 0.359 bits per heavy atom. The van der Waals surface area contributed by atoms with Crippen LogP contribution in [-0.4, -0.2) is 47.4 Å². The fraction of sp³-hybridized carbons (Fsp3) is 0.889. The third-order valence-corrected chi connectivity index (χ3v) is 16.4. The van der Waals surface area contributed by atoms with Crippen molar-refractivity contribution in [2.75, 3.05) is 13.2 Å². The Labute approximate surface area is 487 Å². The second-order valence-electron chi connectivity index (χ2n) is 24.2. The van der Waals surface area contributed by atoms with Crippen LogP contribution in [0.5, 0.6) is 0 Å². The van der Waals surface area contributed by atoms with Crippen LogP contribution in [0.4, 0.5) is 0 Å². The maximum Gasteiger partial charge on any atom is 0.305 e. The lowest BCUT2D eigenvalue weighted by atomic mass is 10.0. The molecule has 0 fully saturated rings. The van der Waals surface area contributed by atoms with Crippen molar-refractivity contribution >= 4 is 11.9 Å². The van der Waals surface area contributed by atoms with E-state index in [0.29, 0.717) is 25.9 Å². The largest absolute Gasteiger partial charge is 0.466 e. The van der Waals surface area contributed by atoms with Gasteiger partial charge in [0.25, 0.3) is 0 Å². The van der Waals surface area contributed by atoms with Crippen molar-refractivity contribution in [3.63, 3.8) is 0 Å². The maximum atomic E-state index is 12.5. The van der Waals surface area contributed by atoms with Crippen LogP contribution in [0, 0.1) is 0 Å². The monoisotopic (exact) mass is 1100 g/mol. The van der Waals surface area contributed by atoms with Crippen molar-refractivity contribution in [3.8, 4) is 0 Å². The second kappa shape index (κ2) is 67.6. The molecule has 1 amide bonds. The van der Waals surface area contributed by atoms with Gasteiger partial charge in [-0.3, -0.25) is 9.59 Å². The SMILES string of the molecule is CCCCCCCC/C=C\CCCCCCCC(=O)OCCCCCCCCCCC/C=C\C/C=C\CCCCCCCCCCCCCCCCCC(=O)NC(CO)C(O)CCCCCCCCCCCCCCCCC. The number of aliphatic hydroxyl groups excluding tert-OH is 2. The number of esters is 1. The van der Waals surface area contributed by atoms with Crippen molar-refractivity contribution in [2.45, 2.75) is 398 Å². The van der Waals surface area contributed by atoms with Crippen LogP contribution in [0.25, 0.3) is 0 Å². The normalized spacial score (nSPS) is 12.7. The molecule has 0 spiro atoms. The number of hydrogen-bond acceptors (Lipinski definition) is 5. The molecule has 78 heavy (non-hydrogen) atoms. The third kappa shape index (κ3) is 63.3. The highest BCUT2D eigenvalue weighted by Crippen LogP contribution is 2.18. The number of carbonyl (C=O) groups is 2. The van der Waals surface area contributed by atoms with Gasteiger partial charge in [-0.25, -0.2) is 0 Å². The summed E-state index contributed by atoms with van der Waals surface area (Å²) in [4.78, 5) is 24.6. The Bertz CT molecular complexity index is 1260. The van der Waals surface area contributed by atoms with Crippen molar-refractivity contribution in [2.24, 2.45) is 0 Å². The molecule has 0 saturated carbocycles. The Morgan fingerprint density at radius 2 is 0.641 bits per heavy atom. The standard InChI is InChI=1S/C72H137NO5/c1-3-5-7-9-11-13-15-17-36-40-44-48-52-56-60-64-70(75)69(68-74)73-71(76)65-61-57-53-49-45-41-38-34-32-30-28-26-24-22-20-19-21-23-25-27-29-31-33-35-39-43-47-51-55-59-63-67-78-72(77)66-62-58-54-50-46-42-37-18-16-14-12-10-8-6-4-2/h18,21,23,27,29,37,69-70,74-75H,3-17,19-20,22,24-26,28,30-36,38-68H2,1-2H3,(H,73,76)/b23-21-,29-27-,37-18-. The van der Waals surface area contributed by atoms with Crippen LogP contribution in [0.1, 0.15) is 386 Å². The molecule has 0 heterocycles. The van der Waals surface area contributed by atoms with Crippen LogP contribution < -0.4 is 5.32 Å². The topological polar surface area (TPSA) is 95.9 Å². The number of nitrogens with one attached hydrogen (secondary N) is 1. The number of carbonyl (C=O) groups excluding carboxylic acids is 2. The van der Waals surface area contributed by atoms with E-state index in [0.717, 1.165) is 51.4 Å². The van der Waals surface area contributed by atoms with Gasteiger partial charge in [0.15, 0.2) is 0 Å². The van der Waals surface area contributed by atoms with Gasteiger partial charge in [0, 0.05) is 12.8 Å². The summed E-state index contributed by atoms with van der Waals surface area (Å²) in [6.07, 6.45) is 86.2. The molecule has 3 N–H and O–H groups in total. The quantitative estimate of drug-likeness (QED) is 0.0320. The van der Waals surface area contributed by atoms with Gasteiger partial charge in [0.2, 0.25) is 5.91 Å². The molecular formula is C72H137NO5. The second-order valence-corrected chi connectivity index (χ2v) is 24.2. The molecule has 0 radical (unpaired) electrons. The highest BCUT2D eigenvalue weighted by molar-refractivity contribution is 5.76. The molecule has 0 aromatic carbocycles. The fourth-order valence-corrected chi connectivity index (χ4v) is 11.0. The molecule has 0 aliphatic heterocycles. The van der Waals surface area contributed by atoms with Gasteiger partial charge in [0.05, 0.1) is 25.4 Å². The summed E-state index contributed by atoms with van der Waals surface area (Å²) in [6.45, 7) is 4.97. The first-order chi connectivity index (χ1) is 38.5. The van der Waals surface area contributed by atoms with Crippen LogP contribution in [0.15, 0.2) is 36.5 Å². The molecule has 0 rings (SSSR count). The smallest absolute Gasteiger partial charge is 0.305 e. The number of aliphatic hydroxyl groups is 2. The molecule has 6 heteroatoms. The molecule has 460 valence electrons. The minimum atomic E-state index is -0.664. The van der Waals surface area contributed by atoms with E-state index in [1.165, 1.54) is 302 Å². The molecule has 0 aliphatic rings.